The lowest BCUT2D eigenvalue weighted by Gasteiger charge is -2.04. The zero-order valence-corrected chi connectivity index (χ0v) is 18.5. The third-order valence-electron chi connectivity index (χ3n) is 3.77. The largest absolute Gasteiger partial charge is 0.335 e. The molecule has 0 saturated heterocycles. The van der Waals surface area contributed by atoms with Crippen LogP contribution in [-0.2, 0) is 9.59 Å². The first-order chi connectivity index (χ1) is 15.0. The smallest absolute Gasteiger partial charge is 0.273 e. The molecule has 3 heterocycles. The second-order valence-corrected chi connectivity index (χ2v) is 9.29. The second kappa shape index (κ2) is 9.32. The molecule has 0 atom stereocenters. The van der Waals surface area contributed by atoms with E-state index in [9.17, 15) is 9.59 Å². The summed E-state index contributed by atoms with van der Waals surface area (Å²) < 4.78 is 3.26. The molecule has 31 heavy (non-hydrogen) atoms. The lowest BCUT2D eigenvalue weighted by atomic mass is 10.2. The monoisotopic (exact) mass is 476 g/mol. The Morgan fingerprint density at radius 1 is 1.03 bits per heavy atom. The van der Waals surface area contributed by atoms with Crippen molar-refractivity contribution in [1.29, 1.82) is 0 Å². The molecule has 0 unspecified atom stereocenters. The van der Waals surface area contributed by atoms with Crippen LogP contribution in [0.25, 0.3) is 5.78 Å². The summed E-state index contributed by atoms with van der Waals surface area (Å²) in [5, 5.41) is 26.1. The maximum Gasteiger partial charge on any atom is 0.273 e. The van der Waals surface area contributed by atoms with Gasteiger partial charge >= 0.3 is 0 Å². The number of nitrogens with one attached hydrogen (secondary N) is 2. The maximum absolute atomic E-state index is 12.2. The van der Waals surface area contributed by atoms with E-state index in [-0.39, 0.29) is 23.3 Å². The van der Waals surface area contributed by atoms with Crippen LogP contribution in [0.2, 0.25) is 0 Å². The highest BCUT2D eigenvalue weighted by Gasteiger charge is 2.14. The number of aromatic nitrogens is 7. The summed E-state index contributed by atoms with van der Waals surface area (Å²) in [5.74, 6) is 5.85. The van der Waals surface area contributed by atoms with E-state index in [0.29, 0.717) is 20.4 Å². The molecule has 0 fully saturated rings. The van der Waals surface area contributed by atoms with Crippen LogP contribution in [0, 0.1) is 6.92 Å². The molecule has 0 bridgehead atoms. The number of nitrogen functional groups attached to an aromatic ring is 1. The van der Waals surface area contributed by atoms with E-state index in [1.54, 1.807) is 0 Å². The Kier molecular flexibility index (Phi) is 6.34. The van der Waals surface area contributed by atoms with Crippen molar-refractivity contribution in [3.63, 3.8) is 0 Å². The first-order valence-corrected chi connectivity index (χ1v) is 11.6. The van der Waals surface area contributed by atoms with E-state index in [0.717, 1.165) is 23.0 Å². The third kappa shape index (κ3) is 5.31. The average molecular weight is 477 g/mol. The predicted octanol–water partition coefficient (Wildman–Crippen LogP) is 1.26. The number of carbonyl (C=O) groups is 2. The van der Waals surface area contributed by atoms with Gasteiger partial charge in [0.15, 0.2) is 4.34 Å². The normalized spacial score (nSPS) is 11.0. The van der Waals surface area contributed by atoms with Crippen LogP contribution in [0.15, 0.2) is 40.1 Å². The fourth-order valence-electron chi connectivity index (χ4n) is 2.33. The van der Waals surface area contributed by atoms with Crippen LogP contribution in [0.3, 0.4) is 0 Å². The number of rotatable bonds is 8. The van der Waals surface area contributed by atoms with Gasteiger partial charge in [0.2, 0.25) is 22.1 Å². The molecule has 0 spiro atoms. The number of aryl methyl sites for hydroxylation is 1. The lowest BCUT2D eigenvalue weighted by molar-refractivity contribution is -0.114. The SMILES string of the molecule is Cc1ccc(NC(=O)CSc2nnc(NC(=O)CSc3nnc4n(N)cnn34)s2)cc1. The Morgan fingerprint density at radius 2 is 1.77 bits per heavy atom. The van der Waals surface area contributed by atoms with Gasteiger partial charge in [-0.3, -0.25) is 14.9 Å². The van der Waals surface area contributed by atoms with Crippen LogP contribution < -0.4 is 16.5 Å². The predicted molar refractivity (Wildman–Crippen MR) is 119 cm³/mol. The van der Waals surface area contributed by atoms with Gasteiger partial charge in [-0.15, -0.1) is 20.4 Å². The molecule has 0 saturated carbocycles. The number of carbonyl (C=O) groups excluding carboxylic acids is 2. The summed E-state index contributed by atoms with van der Waals surface area (Å²) in [6.45, 7) is 1.98. The van der Waals surface area contributed by atoms with E-state index in [1.165, 1.54) is 38.6 Å². The van der Waals surface area contributed by atoms with Crippen LogP contribution >= 0.6 is 34.9 Å². The molecule has 0 aliphatic rings. The summed E-state index contributed by atoms with van der Waals surface area (Å²) in [6, 6.07) is 7.55. The van der Waals surface area contributed by atoms with Gasteiger partial charge in [0, 0.05) is 5.69 Å². The number of fused-ring (bicyclic) bond motifs is 1. The van der Waals surface area contributed by atoms with Crippen LogP contribution in [0.1, 0.15) is 5.56 Å². The average Bonchev–Trinajstić information content (AvgIpc) is 3.45. The van der Waals surface area contributed by atoms with Gasteiger partial charge < -0.3 is 11.2 Å². The molecule has 2 amide bonds. The molecule has 3 aromatic heterocycles. The van der Waals surface area contributed by atoms with Gasteiger partial charge in [0.05, 0.1) is 11.5 Å². The summed E-state index contributed by atoms with van der Waals surface area (Å²) >= 11 is 3.61. The summed E-state index contributed by atoms with van der Waals surface area (Å²) in [7, 11) is 0. The van der Waals surface area contributed by atoms with Gasteiger partial charge in [-0.25, -0.2) is 4.68 Å². The first-order valence-electron chi connectivity index (χ1n) is 8.77. The number of nitrogens with two attached hydrogens (primary N) is 1. The van der Waals surface area contributed by atoms with E-state index in [2.05, 4.69) is 36.1 Å². The molecule has 15 heteroatoms. The summed E-state index contributed by atoms with van der Waals surface area (Å²) in [6.07, 6.45) is 1.40. The van der Waals surface area contributed by atoms with Crippen LogP contribution in [0.4, 0.5) is 10.8 Å². The quantitative estimate of drug-likeness (QED) is 0.192. The van der Waals surface area contributed by atoms with Crippen molar-refractivity contribution in [2.45, 2.75) is 16.4 Å². The maximum atomic E-state index is 12.2. The number of nitrogens with zero attached hydrogens (tertiary/aromatic N) is 7. The van der Waals surface area contributed by atoms with Gasteiger partial charge in [-0.2, -0.15) is 9.61 Å². The minimum atomic E-state index is -0.279. The number of thioether (sulfide) groups is 2. The summed E-state index contributed by atoms with van der Waals surface area (Å²) in [5.41, 5.74) is 1.86. The molecule has 4 N–H and O–H groups in total. The van der Waals surface area contributed by atoms with E-state index in [4.69, 9.17) is 5.84 Å². The van der Waals surface area contributed by atoms with E-state index < -0.39 is 0 Å². The summed E-state index contributed by atoms with van der Waals surface area (Å²) in [4.78, 5) is 24.3. The van der Waals surface area contributed by atoms with Gasteiger partial charge in [-0.1, -0.05) is 52.6 Å². The molecule has 0 aliphatic heterocycles. The second-order valence-electron chi connectivity index (χ2n) is 6.15. The van der Waals surface area contributed by atoms with Gasteiger partial charge in [0.25, 0.3) is 5.78 Å². The minimum absolute atomic E-state index is 0.0826. The van der Waals surface area contributed by atoms with Crippen molar-refractivity contribution in [3.05, 3.63) is 36.2 Å². The molecule has 0 aliphatic carbocycles. The van der Waals surface area contributed by atoms with Crippen molar-refractivity contribution in [1.82, 2.24) is 34.7 Å². The Bertz CT molecular complexity index is 1220. The van der Waals surface area contributed by atoms with Crippen LogP contribution in [-0.4, -0.2) is 58.0 Å². The molecule has 160 valence electrons. The number of hydrogen-bond acceptors (Lipinski definition) is 11. The van der Waals surface area contributed by atoms with E-state index in [1.807, 2.05) is 31.2 Å². The Morgan fingerprint density at radius 3 is 2.58 bits per heavy atom. The highest BCUT2D eigenvalue weighted by atomic mass is 32.2. The van der Waals surface area contributed by atoms with Crippen molar-refractivity contribution in [2.24, 2.45) is 0 Å². The topological polar surface area (TPSA) is 158 Å². The molecule has 12 nitrogen and oxygen atoms in total. The molecular weight excluding hydrogens is 460 g/mol. The number of hydrogen-bond donors (Lipinski definition) is 3. The standard InChI is InChI=1S/C16H16N10O2S3/c1-9-2-4-10(5-3-9)19-11(27)7-30-16-24-21-13(31-16)20-12(28)6-29-15-23-22-14-25(17)8-18-26(14)15/h2-5,8H,6-7,17H2,1H3,(H,19,27)(H,20,21,28). The zero-order valence-electron chi connectivity index (χ0n) is 16.1. The first kappa shape index (κ1) is 21.1. The Hall–Kier alpha value is -3.17. The molecule has 4 aromatic rings. The lowest BCUT2D eigenvalue weighted by Crippen LogP contribution is -2.14. The molecule has 0 radical (unpaired) electrons. The number of anilines is 2. The molecule has 4 rings (SSSR count). The van der Waals surface area contributed by atoms with E-state index >= 15 is 0 Å². The van der Waals surface area contributed by atoms with Crippen molar-refractivity contribution < 1.29 is 9.59 Å². The van der Waals surface area contributed by atoms with Crippen LogP contribution in [0.5, 0.6) is 0 Å². The fourth-order valence-corrected chi connectivity index (χ4v) is 4.58. The fraction of sp³-hybridized carbons (Fsp3) is 0.188. The van der Waals surface area contributed by atoms with Gasteiger partial charge in [-0.05, 0) is 19.1 Å². The Labute approximate surface area is 188 Å². The molecular formula is C16H16N10O2S3. The molecule has 1 aromatic carbocycles. The Balaban J connectivity index is 1.23. The zero-order chi connectivity index (χ0) is 21.8. The highest BCUT2D eigenvalue weighted by molar-refractivity contribution is 8.01. The number of amides is 2. The van der Waals surface area contributed by atoms with Crippen molar-refractivity contribution in [3.8, 4) is 0 Å². The minimum Gasteiger partial charge on any atom is -0.335 e. The number of benzene rings is 1. The van der Waals surface area contributed by atoms with Crippen molar-refractivity contribution in [2.75, 3.05) is 28.0 Å². The highest BCUT2D eigenvalue weighted by Crippen LogP contribution is 2.26. The third-order valence-corrected chi connectivity index (χ3v) is 6.66. The van der Waals surface area contributed by atoms with Crippen molar-refractivity contribution >= 4 is 63.3 Å². The van der Waals surface area contributed by atoms with Gasteiger partial charge in [0.1, 0.15) is 6.33 Å².